The second-order valence-corrected chi connectivity index (χ2v) is 5.48. The molecule has 0 fully saturated rings. The van der Waals surface area contributed by atoms with Crippen LogP contribution in [0.5, 0.6) is 5.75 Å². The van der Waals surface area contributed by atoms with Gasteiger partial charge < -0.3 is 4.74 Å². The third-order valence-corrected chi connectivity index (χ3v) is 3.27. The SMILES string of the molecule is CCCC(C)Oc1ccc(S(N)(=O)=O)c(F)c1F. The van der Waals surface area contributed by atoms with E-state index < -0.39 is 26.6 Å². The molecule has 18 heavy (non-hydrogen) atoms. The molecule has 0 radical (unpaired) electrons. The lowest BCUT2D eigenvalue weighted by Crippen LogP contribution is -2.17. The average Bonchev–Trinajstić information content (AvgIpc) is 2.23. The summed E-state index contributed by atoms with van der Waals surface area (Å²) in [6.45, 7) is 3.65. The number of primary sulfonamides is 1. The van der Waals surface area contributed by atoms with Crippen molar-refractivity contribution in [1.82, 2.24) is 0 Å². The third kappa shape index (κ3) is 3.39. The van der Waals surface area contributed by atoms with Crippen LogP contribution in [0, 0.1) is 11.6 Å². The maximum Gasteiger partial charge on any atom is 0.241 e. The molecule has 1 atom stereocenters. The van der Waals surface area contributed by atoms with Crippen molar-refractivity contribution in [3.63, 3.8) is 0 Å². The van der Waals surface area contributed by atoms with Gasteiger partial charge in [-0.1, -0.05) is 13.3 Å². The second-order valence-electron chi connectivity index (χ2n) is 3.95. The molecule has 1 aromatic carbocycles. The topological polar surface area (TPSA) is 69.4 Å². The summed E-state index contributed by atoms with van der Waals surface area (Å²) in [5, 5.41) is 4.75. The minimum atomic E-state index is -4.28. The molecular weight excluding hydrogens is 264 g/mol. The monoisotopic (exact) mass is 279 g/mol. The van der Waals surface area contributed by atoms with Crippen LogP contribution in [0.3, 0.4) is 0 Å². The van der Waals surface area contributed by atoms with Gasteiger partial charge >= 0.3 is 0 Å². The van der Waals surface area contributed by atoms with Gasteiger partial charge in [-0.25, -0.2) is 17.9 Å². The van der Waals surface area contributed by atoms with Gasteiger partial charge in [-0.3, -0.25) is 0 Å². The molecule has 0 aliphatic carbocycles. The fourth-order valence-corrected chi connectivity index (χ4v) is 2.10. The van der Waals surface area contributed by atoms with Crippen molar-refractivity contribution in [3.8, 4) is 5.75 Å². The molecule has 0 amide bonds. The first kappa shape index (κ1) is 14.8. The molecule has 0 heterocycles. The Hall–Kier alpha value is -1.21. The van der Waals surface area contributed by atoms with E-state index in [4.69, 9.17) is 9.88 Å². The number of rotatable bonds is 5. The number of sulfonamides is 1. The number of nitrogens with two attached hydrogens (primary N) is 1. The van der Waals surface area contributed by atoms with Crippen LogP contribution in [-0.4, -0.2) is 14.5 Å². The lowest BCUT2D eigenvalue weighted by molar-refractivity contribution is 0.198. The fraction of sp³-hybridized carbons (Fsp3) is 0.455. The van der Waals surface area contributed by atoms with Gasteiger partial charge in [0.15, 0.2) is 11.6 Å². The van der Waals surface area contributed by atoms with Crippen molar-refractivity contribution in [2.24, 2.45) is 5.14 Å². The summed E-state index contributed by atoms with van der Waals surface area (Å²) in [5.74, 6) is -3.18. The molecule has 1 aromatic rings. The zero-order valence-corrected chi connectivity index (χ0v) is 10.9. The minimum Gasteiger partial charge on any atom is -0.488 e. The Morgan fingerprint density at radius 1 is 1.33 bits per heavy atom. The van der Waals surface area contributed by atoms with E-state index in [-0.39, 0.29) is 11.9 Å². The van der Waals surface area contributed by atoms with Gasteiger partial charge in [-0.05, 0) is 25.5 Å². The highest BCUT2D eigenvalue weighted by Gasteiger charge is 2.22. The first-order valence-electron chi connectivity index (χ1n) is 5.44. The molecule has 0 aromatic heterocycles. The number of ether oxygens (including phenoxy) is 1. The molecule has 0 aliphatic rings. The predicted molar refractivity (Wildman–Crippen MR) is 62.7 cm³/mol. The van der Waals surface area contributed by atoms with Crippen LogP contribution in [0.2, 0.25) is 0 Å². The summed E-state index contributed by atoms with van der Waals surface area (Å²) >= 11 is 0. The molecule has 2 N–H and O–H groups in total. The van der Waals surface area contributed by atoms with E-state index in [9.17, 15) is 17.2 Å². The van der Waals surface area contributed by atoms with Crippen LogP contribution in [0.4, 0.5) is 8.78 Å². The Morgan fingerprint density at radius 2 is 1.94 bits per heavy atom. The van der Waals surface area contributed by atoms with E-state index in [1.165, 1.54) is 0 Å². The quantitative estimate of drug-likeness (QED) is 0.898. The minimum absolute atomic E-state index is 0.288. The fourth-order valence-electron chi connectivity index (χ4n) is 1.51. The molecule has 4 nitrogen and oxygen atoms in total. The van der Waals surface area contributed by atoms with Gasteiger partial charge in [-0.2, -0.15) is 4.39 Å². The largest absolute Gasteiger partial charge is 0.488 e. The Morgan fingerprint density at radius 3 is 2.44 bits per heavy atom. The highest BCUT2D eigenvalue weighted by atomic mass is 32.2. The maximum absolute atomic E-state index is 13.6. The van der Waals surface area contributed by atoms with E-state index in [1.54, 1.807) is 6.92 Å². The Kier molecular flexibility index (Phi) is 4.64. The molecule has 7 heteroatoms. The van der Waals surface area contributed by atoms with Crippen LogP contribution in [0.25, 0.3) is 0 Å². The van der Waals surface area contributed by atoms with Crippen molar-refractivity contribution in [3.05, 3.63) is 23.8 Å². The van der Waals surface area contributed by atoms with E-state index >= 15 is 0 Å². The first-order valence-corrected chi connectivity index (χ1v) is 6.99. The lowest BCUT2D eigenvalue weighted by atomic mass is 10.2. The Bertz CT molecular complexity index is 531. The molecule has 1 unspecified atom stereocenters. The van der Waals surface area contributed by atoms with E-state index in [0.29, 0.717) is 6.42 Å². The van der Waals surface area contributed by atoms with Crippen molar-refractivity contribution < 1.29 is 21.9 Å². The molecule has 0 saturated carbocycles. The Balaban J connectivity index is 3.09. The molecule has 0 bridgehead atoms. The van der Waals surface area contributed by atoms with Gasteiger partial charge in [0.25, 0.3) is 0 Å². The van der Waals surface area contributed by atoms with E-state index in [1.807, 2.05) is 6.92 Å². The van der Waals surface area contributed by atoms with Crippen LogP contribution >= 0.6 is 0 Å². The first-order chi connectivity index (χ1) is 8.27. The normalized spacial score (nSPS) is 13.4. The van der Waals surface area contributed by atoms with Gasteiger partial charge in [0.2, 0.25) is 15.8 Å². The van der Waals surface area contributed by atoms with Gasteiger partial charge in [0.1, 0.15) is 4.90 Å². The Labute approximate surface area is 105 Å². The number of halogens is 2. The summed E-state index contributed by atoms with van der Waals surface area (Å²) in [4.78, 5) is -0.879. The maximum atomic E-state index is 13.6. The van der Waals surface area contributed by atoms with Crippen molar-refractivity contribution >= 4 is 10.0 Å². The zero-order valence-electron chi connectivity index (χ0n) is 10.1. The van der Waals surface area contributed by atoms with Gasteiger partial charge in [-0.15, -0.1) is 0 Å². The van der Waals surface area contributed by atoms with E-state index in [2.05, 4.69) is 0 Å². The molecule has 1 rings (SSSR count). The highest BCUT2D eigenvalue weighted by molar-refractivity contribution is 7.89. The summed E-state index contributed by atoms with van der Waals surface area (Å²) in [6.07, 6.45) is 1.22. The summed E-state index contributed by atoms with van der Waals surface area (Å²) in [6, 6.07) is 1.95. The smallest absolute Gasteiger partial charge is 0.241 e. The van der Waals surface area contributed by atoms with Crippen LogP contribution in [0.15, 0.2) is 17.0 Å². The van der Waals surface area contributed by atoms with Crippen molar-refractivity contribution in [1.29, 1.82) is 0 Å². The molecule has 0 spiro atoms. The predicted octanol–water partition coefficient (Wildman–Crippen LogP) is 2.18. The average molecular weight is 279 g/mol. The van der Waals surface area contributed by atoms with Crippen LogP contribution in [0.1, 0.15) is 26.7 Å². The number of hydrogen-bond donors (Lipinski definition) is 1. The molecule has 102 valence electrons. The van der Waals surface area contributed by atoms with Gasteiger partial charge in [0.05, 0.1) is 6.10 Å². The van der Waals surface area contributed by atoms with Crippen molar-refractivity contribution in [2.45, 2.75) is 37.7 Å². The van der Waals surface area contributed by atoms with Gasteiger partial charge in [0, 0.05) is 0 Å². The summed E-state index contributed by atoms with van der Waals surface area (Å²) in [7, 11) is -4.28. The summed E-state index contributed by atoms with van der Waals surface area (Å²) < 4.78 is 54.2. The molecular formula is C11H15F2NO3S. The molecule has 0 saturated heterocycles. The molecule has 0 aliphatic heterocycles. The second kappa shape index (κ2) is 5.62. The van der Waals surface area contributed by atoms with Crippen molar-refractivity contribution in [2.75, 3.05) is 0 Å². The number of benzene rings is 1. The standard InChI is InChI=1S/C11H15F2NO3S/c1-3-4-7(2)17-8-5-6-9(18(14,15)16)11(13)10(8)12/h5-7H,3-4H2,1-2H3,(H2,14,15,16). The third-order valence-electron chi connectivity index (χ3n) is 2.34. The highest BCUT2D eigenvalue weighted by Crippen LogP contribution is 2.26. The number of hydrogen-bond acceptors (Lipinski definition) is 3. The van der Waals surface area contributed by atoms with Crippen LogP contribution < -0.4 is 9.88 Å². The zero-order chi connectivity index (χ0) is 13.9. The van der Waals surface area contributed by atoms with E-state index in [0.717, 1.165) is 18.6 Å². The summed E-state index contributed by atoms with van der Waals surface area (Å²) in [5.41, 5.74) is 0. The lowest BCUT2D eigenvalue weighted by Gasteiger charge is -2.15. The van der Waals surface area contributed by atoms with Crippen LogP contribution in [-0.2, 0) is 10.0 Å².